The molecule has 0 spiro atoms. The first kappa shape index (κ1) is 23.6. The van der Waals surface area contributed by atoms with Crippen molar-refractivity contribution in [3.63, 3.8) is 0 Å². The van der Waals surface area contributed by atoms with Gasteiger partial charge in [0.15, 0.2) is 0 Å². The molecule has 0 N–H and O–H groups in total. The molecule has 1 aromatic rings. The molecule has 0 aromatic heterocycles. The van der Waals surface area contributed by atoms with E-state index in [0.29, 0.717) is 10.0 Å². The maximum Gasteiger partial charge on any atom is 0.312 e. The molecule has 0 aliphatic carbocycles. The summed E-state index contributed by atoms with van der Waals surface area (Å²) >= 11 is 12.1. The molecule has 0 amide bonds. The topological polar surface area (TPSA) is 42.0 Å². The van der Waals surface area contributed by atoms with Crippen molar-refractivity contribution in [3.8, 4) is 5.75 Å². The normalized spacial score (nSPS) is 20.3. The highest BCUT2D eigenvalue weighted by molar-refractivity contribution is 6.42. The molecule has 2 aliphatic rings. The van der Waals surface area contributed by atoms with Crippen molar-refractivity contribution < 1.29 is 14.3 Å². The SMILES string of the molecule is COC(=O)C(C)(C)CN1CCC(CN2CCC(Oc3ccc(Cl)c(Cl)c3)CC2)CC1. The summed E-state index contributed by atoms with van der Waals surface area (Å²) in [7, 11) is 1.47. The number of halogens is 2. The minimum atomic E-state index is -0.447. The lowest BCUT2D eigenvalue weighted by molar-refractivity contribution is -0.152. The van der Waals surface area contributed by atoms with E-state index < -0.39 is 5.41 Å². The van der Waals surface area contributed by atoms with Crippen molar-refractivity contribution in [2.24, 2.45) is 11.3 Å². The van der Waals surface area contributed by atoms with Crippen molar-refractivity contribution in [3.05, 3.63) is 28.2 Å². The van der Waals surface area contributed by atoms with Gasteiger partial charge in [0, 0.05) is 32.2 Å². The van der Waals surface area contributed by atoms with E-state index in [-0.39, 0.29) is 12.1 Å². The highest BCUT2D eigenvalue weighted by Crippen LogP contribution is 2.29. The zero-order chi connectivity index (χ0) is 21.7. The summed E-state index contributed by atoms with van der Waals surface area (Å²) in [6.07, 6.45) is 4.69. The molecule has 7 heteroatoms. The standard InChI is InChI=1S/C23H34Cl2N2O3/c1-23(2,22(28)29-3)16-27-10-6-17(7-11-27)15-26-12-8-18(9-13-26)30-19-4-5-20(24)21(25)14-19/h4-5,14,17-18H,6-13,15-16H2,1-3H3. The average molecular weight is 457 g/mol. The van der Waals surface area contributed by atoms with Crippen molar-refractivity contribution >= 4 is 29.2 Å². The van der Waals surface area contributed by atoms with E-state index in [9.17, 15) is 4.79 Å². The van der Waals surface area contributed by atoms with Gasteiger partial charge >= 0.3 is 5.97 Å². The van der Waals surface area contributed by atoms with Gasteiger partial charge in [-0.2, -0.15) is 0 Å². The maximum atomic E-state index is 11.9. The van der Waals surface area contributed by atoms with Crippen molar-refractivity contribution in [2.75, 3.05) is 46.4 Å². The molecule has 0 saturated carbocycles. The van der Waals surface area contributed by atoms with E-state index in [2.05, 4.69) is 9.80 Å². The van der Waals surface area contributed by atoms with Crippen LogP contribution < -0.4 is 4.74 Å². The molecule has 3 rings (SSSR count). The molecule has 2 fully saturated rings. The first-order valence-electron chi connectivity index (χ1n) is 10.9. The van der Waals surface area contributed by atoms with E-state index >= 15 is 0 Å². The minimum absolute atomic E-state index is 0.129. The van der Waals surface area contributed by atoms with Crippen LogP contribution in [0.1, 0.15) is 39.5 Å². The molecule has 0 radical (unpaired) electrons. The number of hydrogen-bond acceptors (Lipinski definition) is 5. The quantitative estimate of drug-likeness (QED) is 0.553. The van der Waals surface area contributed by atoms with Crippen LogP contribution in [-0.2, 0) is 9.53 Å². The van der Waals surface area contributed by atoms with Gasteiger partial charge in [0.2, 0.25) is 0 Å². The molecule has 5 nitrogen and oxygen atoms in total. The Balaban J connectivity index is 1.37. The fourth-order valence-corrected chi connectivity index (χ4v) is 4.83. The molecule has 168 valence electrons. The van der Waals surface area contributed by atoms with E-state index in [1.165, 1.54) is 20.0 Å². The van der Waals surface area contributed by atoms with Gasteiger partial charge in [-0.15, -0.1) is 0 Å². The van der Waals surface area contributed by atoms with Crippen molar-refractivity contribution in [2.45, 2.75) is 45.6 Å². The maximum absolute atomic E-state index is 11.9. The minimum Gasteiger partial charge on any atom is -0.490 e. The number of carbonyl (C=O) groups is 1. The third-order valence-electron chi connectivity index (χ3n) is 6.31. The number of carbonyl (C=O) groups excluding carboxylic acids is 1. The summed E-state index contributed by atoms with van der Waals surface area (Å²) in [6.45, 7) is 10.1. The number of rotatable bonds is 7. The number of methoxy groups -OCH3 is 1. The second-order valence-electron chi connectivity index (χ2n) is 9.29. The lowest BCUT2D eigenvalue weighted by atomic mass is 9.90. The van der Waals surface area contributed by atoms with Crippen LogP contribution in [0.25, 0.3) is 0 Å². The highest BCUT2D eigenvalue weighted by Gasteiger charge is 2.33. The summed E-state index contributed by atoms with van der Waals surface area (Å²) in [5, 5.41) is 1.09. The number of hydrogen-bond donors (Lipinski definition) is 0. The summed E-state index contributed by atoms with van der Waals surface area (Å²) in [5.41, 5.74) is -0.447. The average Bonchev–Trinajstić information content (AvgIpc) is 2.73. The van der Waals surface area contributed by atoms with Crippen molar-refractivity contribution in [1.82, 2.24) is 9.80 Å². The van der Waals surface area contributed by atoms with Gasteiger partial charge in [-0.1, -0.05) is 23.2 Å². The number of benzene rings is 1. The Morgan fingerprint density at radius 2 is 1.67 bits per heavy atom. The number of piperidine rings is 2. The second-order valence-corrected chi connectivity index (χ2v) is 10.1. The molecule has 0 bridgehead atoms. The molecular weight excluding hydrogens is 423 g/mol. The monoisotopic (exact) mass is 456 g/mol. The van der Waals surface area contributed by atoms with Gasteiger partial charge < -0.3 is 19.3 Å². The zero-order valence-electron chi connectivity index (χ0n) is 18.3. The van der Waals surface area contributed by atoms with Crippen LogP contribution in [0.15, 0.2) is 18.2 Å². The molecule has 0 atom stereocenters. The van der Waals surface area contributed by atoms with Gasteiger partial charge in [-0.05, 0) is 70.7 Å². The van der Waals surface area contributed by atoms with E-state index in [1.807, 2.05) is 19.9 Å². The van der Waals surface area contributed by atoms with Crippen LogP contribution in [0.3, 0.4) is 0 Å². The second kappa shape index (κ2) is 10.5. The Bertz CT molecular complexity index is 712. The Morgan fingerprint density at radius 3 is 2.27 bits per heavy atom. The molecule has 2 saturated heterocycles. The third-order valence-corrected chi connectivity index (χ3v) is 7.05. The van der Waals surface area contributed by atoms with Crippen LogP contribution in [-0.4, -0.2) is 68.3 Å². The summed E-state index contributed by atoms with van der Waals surface area (Å²) < 4.78 is 11.0. The number of likely N-dealkylation sites (tertiary alicyclic amines) is 2. The van der Waals surface area contributed by atoms with Gasteiger partial charge in [0.05, 0.1) is 22.6 Å². The summed E-state index contributed by atoms with van der Waals surface area (Å²) in [5.74, 6) is 1.40. The fourth-order valence-electron chi connectivity index (χ4n) is 4.54. The largest absolute Gasteiger partial charge is 0.490 e. The molecular formula is C23H34Cl2N2O3. The first-order valence-corrected chi connectivity index (χ1v) is 11.7. The Kier molecular flexibility index (Phi) is 8.31. The smallest absolute Gasteiger partial charge is 0.312 e. The number of ether oxygens (including phenoxy) is 2. The lowest BCUT2D eigenvalue weighted by Crippen LogP contribution is -2.46. The van der Waals surface area contributed by atoms with Gasteiger partial charge in [0.25, 0.3) is 0 Å². The van der Waals surface area contributed by atoms with Gasteiger partial charge in [-0.3, -0.25) is 4.79 Å². The van der Waals surface area contributed by atoms with E-state index in [0.717, 1.165) is 63.8 Å². The number of esters is 1. The van der Waals surface area contributed by atoms with Crippen LogP contribution in [0, 0.1) is 11.3 Å². The van der Waals surface area contributed by atoms with E-state index in [1.54, 1.807) is 12.1 Å². The Labute approximate surface area is 190 Å². The molecule has 1 aromatic carbocycles. The van der Waals surface area contributed by atoms with E-state index in [4.69, 9.17) is 32.7 Å². The molecule has 2 aliphatic heterocycles. The van der Waals surface area contributed by atoms with Gasteiger partial charge in [0.1, 0.15) is 11.9 Å². The summed E-state index contributed by atoms with van der Waals surface area (Å²) in [4.78, 5) is 16.9. The van der Waals surface area contributed by atoms with Crippen molar-refractivity contribution in [1.29, 1.82) is 0 Å². The zero-order valence-corrected chi connectivity index (χ0v) is 19.8. The fraction of sp³-hybridized carbons (Fsp3) is 0.696. The van der Waals surface area contributed by atoms with Crippen LogP contribution in [0.4, 0.5) is 0 Å². The molecule has 2 heterocycles. The molecule has 0 unspecified atom stereocenters. The highest BCUT2D eigenvalue weighted by atomic mass is 35.5. The molecule has 30 heavy (non-hydrogen) atoms. The summed E-state index contributed by atoms with van der Waals surface area (Å²) in [6, 6.07) is 5.47. The number of nitrogens with zero attached hydrogens (tertiary/aromatic N) is 2. The predicted molar refractivity (Wildman–Crippen MR) is 122 cm³/mol. The van der Waals surface area contributed by atoms with Crippen LogP contribution in [0.2, 0.25) is 10.0 Å². The first-order chi connectivity index (χ1) is 14.3. The van der Waals surface area contributed by atoms with Gasteiger partial charge in [-0.25, -0.2) is 0 Å². The lowest BCUT2D eigenvalue weighted by Gasteiger charge is -2.39. The van der Waals surface area contributed by atoms with Crippen LogP contribution in [0.5, 0.6) is 5.75 Å². The third kappa shape index (κ3) is 6.49. The van der Waals surface area contributed by atoms with Crippen LogP contribution >= 0.6 is 23.2 Å². The Hall–Kier alpha value is -1.01. The predicted octanol–water partition coefficient (Wildman–Crippen LogP) is 4.75. The Morgan fingerprint density at radius 1 is 1.03 bits per heavy atom.